The van der Waals surface area contributed by atoms with E-state index in [1.807, 2.05) is 12.1 Å². The molecule has 0 N–H and O–H groups in total. The van der Waals surface area contributed by atoms with Gasteiger partial charge in [0.2, 0.25) is 0 Å². The van der Waals surface area contributed by atoms with Crippen LogP contribution in [0.2, 0.25) is 0 Å². The van der Waals surface area contributed by atoms with Gasteiger partial charge in [-0.15, -0.1) is 0 Å². The molecule has 2 unspecified atom stereocenters. The largest absolute Gasteiger partial charge is 0.487 e. The molecule has 0 bridgehead atoms. The number of rotatable bonds is 3. The van der Waals surface area contributed by atoms with Crippen molar-refractivity contribution >= 4 is 17.1 Å². The predicted octanol–water partition coefficient (Wildman–Crippen LogP) is 1.83. The highest BCUT2D eigenvalue weighted by Gasteiger charge is 2.57. The molecule has 1 saturated heterocycles. The summed E-state index contributed by atoms with van der Waals surface area (Å²) in [5.74, 6) is 1.49. The van der Waals surface area contributed by atoms with Crippen molar-refractivity contribution in [2.75, 3.05) is 20.3 Å². The van der Waals surface area contributed by atoms with E-state index in [4.69, 9.17) is 9.47 Å². The van der Waals surface area contributed by atoms with E-state index in [9.17, 15) is 4.79 Å². The summed E-state index contributed by atoms with van der Waals surface area (Å²) in [4.78, 5) is 12.9. The lowest BCUT2D eigenvalue weighted by molar-refractivity contribution is 0.0897. The molecule has 4 heteroatoms. The van der Waals surface area contributed by atoms with Crippen molar-refractivity contribution < 1.29 is 14.3 Å². The maximum absolute atomic E-state index is 12.0. The molecule has 1 aliphatic heterocycles. The molecular weight excluding hydrogens is 212 g/mol. The molecular formula is C11H12O3S. The van der Waals surface area contributed by atoms with Gasteiger partial charge in [0, 0.05) is 5.92 Å². The fraction of sp³-hybridized carbons (Fsp3) is 0.545. The number of ether oxygens (including phenoxy) is 2. The van der Waals surface area contributed by atoms with Gasteiger partial charge in [-0.25, -0.2) is 0 Å². The summed E-state index contributed by atoms with van der Waals surface area (Å²) in [7, 11) is 1.62. The Morgan fingerprint density at radius 3 is 2.80 bits per heavy atom. The van der Waals surface area contributed by atoms with E-state index in [-0.39, 0.29) is 11.7 Å². The van der Waals surface area contributed by atoms with Crippen LogP contribution in [0.1, 0.15) is 9.67 Å². The number of carbonyl (C=O) groups is 1. The summed E-state index contributed by atoms with van der Waals surface area (Å²) in [6.07, 6.45) is 0. The van der Waals surface area contributed by atoms with E-state index >= 15 is 0 Å². The van der Waals surface area contributed by atoms with Gasteiger partial charge in [0.05, 0.1) is 25.2 Å². The summed E-state index contributed by atoms with van der Waals surface area (Å²) < 4.78 is 10.4. The normalized spacial score (nSPS) is 32.5. The Balaban J connectivity index is 1.75. The first kappa shape index (κ1) is 9.36. The molecule has 2 heterocycles. The Hall–Kier alpha value is -0.870. The molecule has 3 rings (SSSR count). The number of hydrogen-bond donors (Lipinski definition) is 0. The van der Waals surface area contributed by atoms with Crippen molar-refractivity contribution in [2.45, 2.75) is 0 Å². The second-order valence-corrected chi connectivity index (χ2v) is 5.12. The first-order valence-electron chi connectivity index (χ1n) is 5.07. The van der Waals surface area contributed by atoms with Gasteiger partial charge in [0.25, 0.3) is 0 Å². The lowest BCUT2D eigenvalue weighted by Crippen LogP contribution is -2.08. The van der Waals surface area contributed by atoms with Crippen LogP contribution in [0.5, 0.6) is 5.06 Å². The van der Waals surface area contributed by atoms with Crippen LogP contribution in [0.4, 0.5) is 0 Å². The molecule has 2 atom stereocenters. The van der Waals surface area contributed by atoms with Crippen molar-refractivity contribution in [2.24, 2.45) is 17.8 Å². The SMILES string of the molecule is COc1ccc(C(=O)C2C3COCC32)s1. The molecule has 0 radical (unpaired) electrons. The van der Waals surface area contributed by atoms with E-state index in [0.29, 0.717) is 11.8 Å². The highest BCUT2D eigenvalue weighted by molar-refractivity contribution is 7.15. The summed E-state index contributed by atoms with van der Waals surface area (Å²) in [5, 5.41) is 0.806. The Bertz CT molecular complexity index is 388. The minimum absolute atomic E-state index is 0.224. The quantitative estimate of drug-likeness (QED) is 0.735. The van der Waals surface area contributed by atoms with Crippen LogP contribution in [0.25, 0.3) is 0 Å². The Morgan fingerprint density at radius 2 is 2.20 bits per heavy atom. The van der Waals surface area contributed by atoms with Gasteiger partial charge in [0.15, 0.2) is 10.8 Å². The molecule has 15 heavy (non-hydrogen) atoms. The lowest BCUT2D eigenvalue weighted by Gasteiger charge is -2.00. The maximum atomic E-state index is 12.0. The van der Waals surface area contributed by atoms with Crippen LogP contribution in [0.15, 0.2) is 12.1 Å². The van der Waals surface area contributed by atoms with Crippen molar-refractivity contribution in [1.29, 1.82) is 0 Å². The number of carbonyl (C=O) groups excluding carboxylic acids is 1. The number of Topliss-reactive ketones (excluding diaryl/α,β-unsaturated/α-hetero) is 1. The monoisotopic (exact) mass is 224 g/mol. The van der Waals surface area contributed by atoms with E-state index in [1.54, 1.807) is 7.11 Å². The van der Waals surface area contributed by atoms with Crippen LogP contribution in [0, 0.1) is 17.8 Å². The van der Waals surface area contributed by atoms with Gasteiger partial charge >= 0.3 is 0 Å². The number of methoxy groups -OCH3 is 1. The maximum Gasteiger partial charge on any atom is 0.176 e. The molecule has 1 aliphatic carbocycles. The van der Waals surface area contributed by atoms with Crippen LogP contribution < -0.4 is 4.74 Å². The van der Waals surface area contributed by atoms with Gasteiger partial charge in [-0.1, -0.05) is 11.3 Å². The predicted molar refractivity (Wildman–Crippen MR) is 56.5 cm³/mol. The smallest absolute Gasteiger partial charge is 0.176 e. The fourth-order valence-corrected chi connectivity index (χ4v) is 3.16. The number of ketones is 1. The minimum Gasteiger partial charge on any atom is -0.487 e. The second-order valence-electron chi connectivity index (χ2n) is 4.08. The molecule has 3 nitrogen and oxygen atoms in total. The Labute approximate surface area is 92.0 Å². The topological polar surface area (TPSA) is 35.5 Å². The molecule has 0 spiro atoms. The standard InChI is InChI=1S/C11H12O3S/c1-13-9-3-2-8(15-9)11(12)10-6-4-14-5-7(6)10/h2-3,6-7,10H,4-5H2,1H3. The van der Waals surface area contributed by atoms with Crippen molar-refractivity contribution in [3.8, 4) is 5.06 Å². The zero-order valence-corrected chi connectivity index (χ0v) is 9.25. The Morgan fingerprint density at radius 1 is 1.47 bits per heavy atom. The summed E-state index contributed by atoms with van der Waals surface area (Å²) in [6.45, 7) is 1.53. The summed E-state index contributed by atoms with van der Waals surface area (Å²) >= 11 is 1.44. The van der Waals surface area contributed by atoms with E-state index in [2.05, 4.69) is 0 Å². The highest BCUT2D eigenvalue weighted by Crippen LogP contribution is 2.52. The number of fused-ring (bicyclic) bond motifs is 1. The van der Waals surface area contributed by atoms with Gasteiger partial charge in [-0.05, 0) is 24.0 Å². The zero-order chi connectivity index (χ0) is 10.4. The van der Waals surface area contributed by atoms with Gasteiger partial charge in [-0.2, -0.15) is 0 Å². The van der Waals surface area contributed by atoms with Crippen molar-refractivity contribution in [1.82, 2.24) is 0 Å². The Kier molecular flexibility index (Phi) is 2.07. The molecule has 0 aromatic carbocycles. The van der Waals surface area contributed by atoms with E-state index in [1.165, 1.54) is 11.3 Å². The molecule has 0 amide bonds. The first-order valence-corrected chi connectivity index (χ1v) is 5.88. The van der Waals surface area contributed by atoms with Gasteiger partial charge in [0.1, 0.15) is 0 Å². The van der Waals surface area contributed by atoms with Gasteiger partial charge in [-0.3, -0.25) is 4.79 Å². The van der Waals surface area contributed by atoms with E-state index in [0.717, 1.165) is 23.2 Å². The van der Waals surface area contributed by atoms with Gasteiger partial charge < -0.3 is 9.47 Å². The van der Waals surface area contributed by atoms with Crippen molar-refractivity contribution in [3.05, 3.63) is 17.0 Å². The number of hydrogen-bond acceptors (Lipinski definition) is 4. The minimum atomic E-state index is 0.224. The van der Waals surface area contributed by atoms with Crippen LogP contribution in [0.3, 0.4) is 0 Å². The van der Waals surface area contributed by atoms with E-state index < -0.39 is 0 Å². The molecule has 2 aliphatic rings. The average molecular weight is 224 g/mol. The third kappa shape index (κ3) is 1.40. The third-order valence-corrected chi connectivity index (χ3v) is 4.34. The summed E-state index contributed by atoms with van der Waals surface area (Å²) in [5.41, 5.74) is 0. The molecule has 1 aromatic heterocycles. The first-order chi connectivity index (χ1) is 7.31. The van der Waals surface area contributed by atoms with Crippen LogP contribution in [-0.4, -0.2) is 26.1 Å². The second kappa shape index (κ2) is 3.32. The molecule has 1 aromatic rings. The number of thiophene rings is 1. The summed E-state index contributed by atoms with van der Waals surface area (Å²) in [6, 6.07) is 3.72. The zero-order valence-electron chi connectivity index (χ0n) is 8.43. The third-order valence-electron chi connectivity index (χ3n) is 3.28. The van der Waals surface area contributed by atoms with Crippen molar-refractivity contribution in [3.63, 3.8) is 0 Å². The van der Waals surface area contributed by atoms with Crippen LogP contribution >= 0.6 is 11.3 Å². The lowest BCUT2D eigenvalue weighted by atomic mass is 10.1. The van der Waals surface area contributed by atoms with Crippen LogP contribution in [-0.2, 0) is 4.74 Å². The molecule has 2 fully saturated rings. The molecule has 80 valence electrons. The average Bonchev–Trinajstić information content (AvgIpc) is 2.73. The molecule has 1 saturated carbocycles. The fourth-order valence-electron chi connectivity index (χ4n) is 2.36. The highest BCUT2D eigenvalue weighted by atomic mass is 32.1.